The highest BCUT2D eigenvalue weighted by atomic mass is 79.9. The SMILES string of the molecule is CC(C)(C)C1CCC(CN)C(c2cscc2Br)C1. The fourth-order valence-electron chi connectivity index (χ4n) is 3.24. The van der Waals surface area contributed by atoms with E-state index in [1.807, 2.05) is 0 Å². The Bertz CT molecular complexity index is 393. The average Bonchev–Trinajstić information content (AvgIpc) is 2.73. The van der Waals surface area contributed by atoms with Gasteiger partial charge < -0.3 is 5.73 Å². The van der Waals surface area contributed by atoms with E-state index < -0.39 is 0 Å². The number of hydrogen-bond donors (Lipinski definition) is 1. The Morgan fingerprint density at radius 3 is 2.56 bits per heavy atom. The van der Waals surface area contributed by atoms with E-state index in [9.17, 15) is 0 Å². The lowest BCUT2D eigenvalue weighted by atomic mass is 9.64. The third kappa shape index (κ3) is 3.00. The van der Waals surface area contributed by atoms with Crippen LogP contribution in [0, 0.1) is 17.3 Å². The summed E-state index contributed by atoms with van der Waals surface area (Å²) >= 11 is 5.49. The van der Waals surface area contributed by atoms with Crippen LogP contribution in [0.15, 0.2) is 15.2 Å². The average molecular weight is 330 g/mol. The smallest absolute Gasteiger partial charge is 0.0317 e. The molecule has 0 amide bonds. The molecule has 1 aromatic heterocycles. The lowest BCUT2D eigenvalue weighted by molar-refractivity contribution is 0.133. The molecular formula is C15H24BrNS. The van der Waals surface area contributed by atoms with Crippen LogP contribution in [-0.4, -0.2) is 6.54 Å². The summed E-state index contributed by atoms with van der Waals surface area (Å²) in [6.07, 6.45) is 3.91. The summed E-state index contributed by atoms with van der Waals surface area (Å²) in [6, 6.07) is 0. The molecule has 0 radical (unpaired) electrons. The molecule has 2 rings (SSSR count). The predicted molar refractivity (Wildman–Crippen MR) is 84.1 cm³/mol. The largest absolute Gasteiger partial charge is 0.330 e. The minimum Gasteiger partial charge on any atom is -0.330 e. The van der Waals surface area contributed by atoms with Crippen LogP contribution in [-0.2, 0) is 0 Å². The van der Waals surface area contributed by atoms with Crippen molar-refractivity contribution in [3.63, 3.8) is 0 Å². The zero-order valence-corrected chi connectivity index (χ0v) is 14.0. The second-order valence-electron chi connectivity index (χ2n) is 6.65. The molecule has 3 heteroatoms. The first-order chi connectivity index (χ1) is 8.43. The topological polar surface area (TPSA) is 26.0 Å². The molecule has 1 fully saturated rings. The molecule has 18 heavy (non-hydrogen) atoms. The van der Waals surface area contributed by atoms with Crippen molar-refractivity contribution in [3.8, 4) is 0 Å². The molecule has 3 atom stereocenters. The van der Waals surface area contributed by atoms with E-state index in [-0.39, 0.29) is 0 Å². The Labute approximate surface area is 123 Å². The molecule has 0 saturated heterocycles. The summed E-state index contributed by atoms with van der Waals surface area (Å²) in [6.45, 7) is 7.95. The number of halogens is 1. The van der Waals surface area contributed by atoms with Crippen molar-refractivity contribution >= 4 is 27.3 Å². The standard InChI is InChI=1S/C15H24BrNS/c1-15(2,3)11-5-4-10(7-17)12(6-11)13-8-18-9-14(13)16/h8-12H,4-7,17H2,1-3H3. The second-order valence-corrected chi connectivity index (χ2v) is 8.25. The van der Waals surface area contributed by atoms with Gasteiger partial charge in [0.2, 0.25) is 0 Å². The normalized spacial score (nSPS) is 29.5. The van der Waals surface area contributed by atoms with Gasteiger partial charge in [-0.25, -0.2) is 0 Å². The summed E-state index contributed by atoms with van der Waals surface area (Å²) in [5, 5.41) is 4.51. The van der Waals surface area contributed by atoms with Gasteiger partial charge in [0.05, 0.1) is 0 Å². The third-order valence-electron chi connectivity index (χ3n) is 4.56. The van der Waals surface area contributed by atoms with Crippen molar-refractivity contribution in [1.29, 1.82) is 0 Å². The fourth-order valence-corrected chi connectivity index (χ4v) is 4.89. The van der Waals surface area contributed by atoms with Crippen molar-refractivity contribution in [2.45, 2.75) is 46.0 Å². The molecule has 0 aliphatic heterocycles. The minimum absolute atomic E-state index is 0.417. The van der Waals surface area contributed by atoms with Crippen LogP contribution in [0.3, 0.4) is 0 Å². The highest BCUT2D eigenvalue weighted by molar-refractivity contribution is 9.10. The maximum atomic E-state index is 5.99. The van der Waals surface area contributed by atoms with Crippen molar-refractivity contribution in [3.05, 3.63) is 20.8 Å². The van der Waals surface area contributed by atoms with Crippen molar-refractivity contribution in [2.75, 3.05) is 6.54 Å². The molecule has 1 aliphatic carbocycles. The van der Waals surface area contributed by atoms with Gasteiger partial charge in [-0.15, -0.1) is 0 Å². The van der Waals surface area contributed by atoms with E-state index in [0.717, 1.165) is 12.5 Å². The summed E-state index contributed by atoms with van der Waals surface area (Å²) in [5.41, 5.74) is 7.90. The summed E-state index contributed by atoms with van der Waals surface area (Å²) in [7, 11) is 0. The quantitative estimate of drug-likeness (QED) is 0.810. The van der Waals surface area contributed by atoms with Gasteiger partial charge in [-0.1, -0.05) is 20.8 Å². The molecule has 2 N–H and O–H groups in total. The van der Waals surface area contributed by atoms with Gasteiger partial charge in [0.25, 0.3) is 0 Å². The zero-order valence-electron chi connectivity index (χ0n) is 11.6. The van der Waals surface area contributed by atoms with Gasteiger partial charge in [-0.05, 0) is 75.8 Å². The Hall–Kier alpha value is 0.140. The molecule has 102 valence electrons. The molecule has 3 unspecified atom stereocenters. The van der Waals surface area contributed by atoms with Crippen LogP contribution in [0.5, 0.6) is 0 Å². The highest BCUT2D eigenvalue weighted by Gasteiger charge is 2.36. The molecule has 0 bridgehead atoms. The Morgan fingerprint density at radius 1 is 1.33 bits per heavy atom. The number of nitrogens with two attached hydrogens (primary N) is 1. The van der Waals surface area contributed by atoms with Crippen LogP contribution in [0.1, 0.15) is 51.5 Å². The molecule has 0 aromatic carbocycles. The highest BCUT2D eigenvalue weighted by Crippen LogP contribution is 2.48. The molecule has 1 saturated carbocycles. The first kappa shape index (κ1) is 14.5. The molecule has 0 spiro atoms. The lowest BCUT2D eigenvalue weighted by Gasteiger charge is -2.41. The molecule has 1 aromatic rings. The summed E-state index contributed by atoms with van der Waals surface area (Å²) < 4.78 is 1.28. The van der Waals surface area contributed by atoms with Crippen molar-refractivity contribution < 1.29 is 0 Å². The molecule has 1 nitrogen and oxygen atoms in total. The van der Waals surface area contributed by atoms with Gasteiger partial charge in [-0.3, -0.25) is 0 Å². The predicted octanol–water partition coefficient (Wildman–Crippen LogP) is 5.02. The van der Waals surface area contributed by atoms with E-state index in [0.29, 0.717) is 17.3 Å². The van der Waals surface area contributed by atoms with Gasteiger partial charge >= 0.3 is 0 Å². The van der Waals surface area contributed by atoms with Crippen LogP contribution in [0.4, 0.5) is 0 Å². The number of thiophene rings is 1. The van der Waals surface area contributed by atoms with Crippen LogP contribution in [0.2, 0.25) is 0 Å². The summed E-state index contributed by atoms with van der Waals surface area (Å²) in [4.78, 5) is 0. The Kier molecular flexibility index (Phi) is 4.56. The lowest BCUT2D eigenvalue weighted by Crippen LogP contribution is -2.33. The van der Waals surface area contributed by atoms with Gasteiger partial charge in [-0.2, -0.15) is 11.3 Å². The maximum Gasteiger partial charge on any atom is 0.0317 e. The molecule has 1 heterocycles. The van der Waals surface area contributed by atoms with Gasteiger partial charge in [0, 0.05) is 9.85 Å². The van der Waals surface area contributed by atoms with Crippen molar-refractivity contribution in [2.24, 2.45) is 23.0 Å². The molecular weight excluding hydrogens is 306 g/mol. The molecule has 1 aliphatic rings. The van der Waals surface area contributed by atoms with Gasteiger partial charge in [0.1, 0.15) is 0 Å². The monoisotopic (exact) mass is 329 g/mol. The minimum atomic E-state index is 0.417. The zero-order chi connectivity index (χ0) is 13.3. The summed E-state index contributed by atoms with van der Waals surface area (Å²) in [5.74, 6) is 2.13. The number of rotatable bonds is 2. The van der Waals surface area contributed by atoms with E-state index >= 15 is 0 Å². The Morgan fingerprint density at radius 2 is 2.06 bits per heavy atom. The van der Waals surface area contributed by atoms with Crippen LogP contribution >= 0.6 is 27.3 Å². The van der Waals surface area contributed by atoms with E-state index in [4.69, 9.17) is 5.73 Å². The second kappa shape index (κ2) is 5.64. The first-order valence-corrected chi connectivity index (χ1v) is 8.58. The van der Waals surface area contributed by atoms with Gasteiger partial charge in [0.15, 0.2) is 0 Å². The van der Waals surface area contributed by atoms with E-state index in [2.05, 4.69) is 47.5 Å². The number of hydrogen-bond acceptors (Lipinski definition) is 2. The van der Waals surface area contributed by atoms with Crippen LogP contribution in [0.25, 0.3) is 0 Å². The first-order valence-electron chi connectivity index (χ1n) is 6.85. The van der Waals surface area contributed by atoms with E-state index in [1.165, 1.54) is 29.3 Å². The van der Waals surface area contributed by atoms with Crippen LogP contribution < -0.4 is 5.73 Å². The van der Waals surface area contributed by atoms with E-state index in [1.54, 1.807) is 11.3 Å². The van der Waals surface area contributed by atoms with Crippen molar-refractivity contribution in [1.82, 2.24) is 0 Å². The fraction of sp³-hybridized carbons (Fsp3) is 0.733. The third-order valence-corrected chi connectivity index (χ3v) is 6.31. The Balaban J connectivity index is 2.21. The maximum absolute atomic E-state index is 5.99.